The first-order valence-corrected chi connectivity index (χ1v) is 13.8. The Morgan fingerprint density at radius 1 is 1.23 bits per heavy atom. The van der Waals surface area contributed by atoms with Gasteiger partial charge in [-0.1, -0.05) is 38.8 Å². The normalized spacial score (nSPS) is 32.9. The fourth-order valence-corrected chi connectivity index (χ4v) is 8.81. The van der Waals surface area contributed by atoms with E-state index in [0.717, 1.165) is 19.3 Å². The summed E-state index contributed by atoms with van der Waals surface area (Å²) in [6.07, 6.45) is 3.00. The summed E-state index contributed by atoms with van der Waals surface area (Å²) in [7, 11) is 0. The van der Waals surface area contributed by atoms with Crippen molar-refractivity contribution in [3.05, 3.63) is 29.3 Å². The van der Waals surface area contributed by atoms with Gasteiger partial charge in [-0.15, -0.1) is 11.8 Å². The second-order valence-electron chi connectivity index (χ2n) is 10.4. The third-order valence-corrected chi connectivity index (χ3v) is 10.5. The molecule has 3 fully saturated rings. The van der Waals surface area contributed by atoms with Crippen LogP contribution in [0.4, 0.5) is 5.69 Å². The molecule has 3 aliphatic rings. The highest BCUT2D eigenvalue weighted by Crippen LogP contribution is 2.71. The van der Waals surface area contributed by atoms with Gasteiger partial charge in [0.15, 0.2) is 0 Å². The summed E-state index contributed by atoms with van der Waals surface area (Å²) < 4.78 is -1.12. The number of hydrogen-bond donors (Lipinski definition) is 3. The van der Waals surface area contributed by atoms with Crippen molar-refractivity contribution in [2.75, 3.05) is 18.5 Å². The van der Waals surface area contributed by atoms with Crippen molar-refractivity contribution in [2.24, 2.45) is 17.8 Å². The zero-order valence-corrected chi connectivity index (χ0v) is 22.4. The predicted octanol–water partition coefficient (Wildman–Crippen LogP) is 3.69. The van der Waals surface area contributed by atoms with Crippen LogP contribution >= 0.6 is 23.4 Å². The molecule has 1 aromatic carbocycles. The number of thioether (sulfide) groups is 1. The van der Waals surface area contributed by atoms with Crippen molar-refractivity contribution >= 4 is 46.8 Å². The largest absolute Gasteiger partial charge is 0.394 e. The minimum Gasteiger partial charge on any atom is -0.394 e. The van der Waals surface area contributed by atoms with Crippen molar-refractivity contribution in [1.29, 1.82) is 0 Å². The van der Waals surface area contributed by atoms with Crippen LogP contribution < -0.4 is 10.6 Å². The molecule has 192 valence electrons. The summed E-state index contributed by atoms with van der Waals surface area (Å²) in [6, 6.07) is 5.59. The maximum absolute atomic E-state index is 14.2. The number of nitrogens with one attached hydrogen (secondary N) is 2. The molecule has 35 heavy (non-hydrogen) atoms. The summed E-state index contributed by atoms with van der Waals surface area (Å²) in [4.78, 5) is 43.1. The molecule has 0 aliphatic carbocycles. The summed E-state index contributed by atoms with van der Waals surface area (Å²) in [6.45, 7) is 8.38. The third-order valence-electron chi connectivity index (χ3n) is 8.25. The van der Waals surface area contributed by atoms with Crippen molar-refractivity contribution < 1.29 is 19.5 Å². The van der Waals surface area contributed by atoms with E-state index in [1.165, 1.54) is 0 Å². The van der Waals surface area contributed by atoms with E-state index in [9.17, 15) is 19.5 Å². The van der Waals surface area contributed by atoms with Crippen LogP contribution in [-0.2, 0) is 14.4 Å². The molecule has 9 heteroatoms. The van der Waals surface area contributed by atoms with Gasteiger partial charge in [-0.3, -0.25) is 14.4 Å². The van der Waals surface area contributed by atoms with Crippen LogP contribution in [0.2, 0.25) is 5.02 Å². The highest BCUT2D eigenvalue weighted by Gasteiger charge is 2.77. The lowest BCUT2D eigenvalue weighted by Gasteiger charge is -2.39. The number of hydrogen-bond acceptors (Lipinski definition) is 5. The molecule has 2 bridgehead atoms. The van der Waals surface area contributed by atoms with E-state index in [-0.39, 0.29) is 30.2 Å². The number of nitrogens with zero attached hydrogens (tertiary/aromatic N) is 1. The third kappa shape index (κ3) is 4.25. The molecule has 0 saturated carbocycles. The van der Waals surface area contributed by atoms with Crippen molar-refractivity contribution in [1.82, 2.24) is 10.2 Å². The number of likely N-dealkylation sites (tertiary alicyclic amines) is 1. The number of halogens is 1. The minimum atomic E-state index is -0.780. The Morgan fingerprint density at radius 2 is 1.91 bits per heavy atom. The summed E-state index contributed by atoms with van der Waals surface area (Å²) >= 11 is 7.65. The average molecular weight is 522 g/mol. The second-order valence-corrected chi connectivity index (χ2v) is 12.7. The first kappa shape index (κ1) is 26.3. The first-order chi connectivity index (χ1) is 16.6. The number of amides is 3. The van der Waals surface area contributed by atoms with E-state index in [1.54, 1.807) is 40.9 Å². The molecule has 0 radical (unpaired) electrons. The molecule has 7 nitrogen and oxygen atoms in total. The summed E-state index contributed by atoms with van der Waals surface area (Å²) in [5, 5.41) is 16.9. The standard InChI is InChI=1S/C26H36ClN3O4S/c1-5-13-28-22(32)19-20-24(34)30(18(14-31)15(3)6-2)21(26(20)12-11-25(19,4)35-26)23(33)29-17-9-7-16(27)8-10-17/h7-10,15,18-21,31H,5-6,11-14H2,1-4H3,(H,28,32)(H,29,33)/t15-,18-,19-,20-,21?,25+,26?/m0/s1. The zero-order valence-electron chi connectivity index (χ0n) is 20.8. The lowest BCUT2D eigenvalue weighted by Crippen LogP contribution is -2.56. The molecule has 3 amide bonds. The van der Waals surface area contributed by atoms with E-state index in [2.05, 4.69) is 17.6 Å². The average Bonchev–Trinajstić information content (AvgIpc) is 3.40. The Bertz CT molecular complexity index is 991. The van der Waals surface area contributed by atoms with E-state index in [0.29, 0.717) is 23.7 Å². The van der Waals surface area contributed by atoms with Gasteiger partial charge in [0.2, 0.25) is 17.7 Å². The highest BCUT2D eigenvalue weighted by atomic mass is 35.5. The molecular weight excluding hydrogens is 486 g/mol. The van der Waals surface area contributed by atoms with E-state index in [4.69, 9.17) is 11.6 Å². The molecule has 2 unspecified atom stereocenters. The molecule has 3 N–H and O–H groups in total. The van der Waals surface area contributed by atoms with Crippen LogP contribution in [0, 0.1) is 17.8 Å². The quantitative estimate of drug-likeness (QED) is 0.460. The second kappa shape index (κ2) is 9.94. The summed E-state index contributed by atoms with van der Waals surface area (Å²) in [5.74, 6) is -1.68. The zero-order chi connectivity index (χ0) is 25.5. The molecule has 3 saturated heterocycles. The van der Waals surface area contributed by atoms with Gasteiger partial charge in [0.05, 0.1) is 29.2 Å². The number of anilines is 1. The van der Waals surface area contributed by atoms with E-state index in [1.807, 2.05) is 20.8 Å². The number of aliphatic hydroxyl groups is 1. The fraction of sp³-hybridized carbons (Fsp3) is 0.654. The van der Waals surface area contributed by atoms with Crippen LogP contribution in [0.15, 0.2) is 24.3 Å². The summed E-state index contributed by atoms with van der Waals surface area (Å²) in [5.41, 5.74) is 0.594. The molecule has 1 spiro atoms. The Labute approximate surface area is 216 Å². The van der Waals surface area contributed by atoms with Gasteiger partial charge >= 0.3 is 0 Å². The molecule has 3 heterocycles. The predicted molar refractivity (Wildman–Crippen MR) is 139 cm³/mol. The number of rotatable bonds is 9. The smallest absolute Gasteiger partial charge is 0.248 e. The van der Waals surface area contributed by atoms with Crippen LogP contribution in [0.5, 0.6) is 0 Å². The van der Waals surface area contributed by atoms with Crippen molar-refractivity contribution in [3.63, 3.8) is 0 Å². The Hall–Kier alpha value is -1.77. The van der Waals surface area contributed by atoms with Gasteiger partial charge < -0.3 is 20.6 Å². The molecule has 4 rings (SSSR count). The number of carbonyl (C=O) groups is 3. The van der Waals surface area contributed by atoms with Gasteiger partial charge in [-0.05, 0) is 56.4 Å². The number of aliphatic hydroxyl groups excluding tert-OH is 1. The Morgan fingerprint density at radius 3 is 2.51 bits per heavy atom. The highest BCUT2D eigenvalue weighted by molar-refractivity contribution is 8.02. The van der Waals surface area contributed by atoms with Crippen LogP contribution in [-0.4, -0.2) is 62.5 Å². The van der Waals surface area contributed by atoms with Gasteiger partial charge in [0.25, 0.3) is 0 Å². The lowest BCUT2D eigenvalue weighted by molar-refractivity contribution is -0.143. The Kier molecular flexibility index (Phi) is 7.47. The van der Waals surface area contributed by atoms with Crippen LogP contribution in [0.1, 0.15) is 53.4 Å². The topological polar surface area (TPSA) is 98.7 Å². The molecule has 0 aromatic heterocycles. The van der Waals surface area contributed by atoms with Crippen LogP contribution in [0.25, 0.3) is 0 Å². The first-order valence-electron chi connectivity index (χ1n) is 12.6. The van der Waals surface area contributed by atoms with Gasteiger partial charge in [-0.2, -0.15) is 0 Å². The molecule has 3 aliphatic heterocycles. The van der Waals surface area contributed by atoms with E-state index < -0.39 is 33.4 Å². The lowest BCUT2D eigenvalue weighted by atomic mass is 9.66. The Balaban J connectivity index is 1.77. The SMILES string of the molecule is CCCNC(=O)[C@@H]1[C@H]2C(=O)N([C@@H](CO)[C@@H](C)CC)C(C(=O)Nc3ccc(Cl)cc3)C23CC[C@@]1(C)S3. The number of carbonyl (C=O) groups excluding carboxylic acids is 3. The molecular formula is C26H36ClN3O4S. The van der Waals surface area contributed by atoms with Crippen molar-refractivity contribution in [2.45, 2.75) is 75.0 Å². The molecule has 7 atom stereocenters. The number of benzene rings is 1. The van der Waals surface area contributed by atoms with Crippen LogP contribution in [0.3, 0.4) is 0 Å². The van der Waals surface area contributed by atoms with Gasteiger partial charge in [-0.25, -0.2) is 0 Å². The van der Waals surface area contributed by atoms with E-state index >= 15 is 0 Å². The number of fused-ring (bicyclic) bond motifs is 1. The fourth-order valence-electron chi connectivity index (χ4n) is 6.34. The molecule has 1 aromatic rings. The maximum atomic E-state index is 14.2. The van der Waals surface area contributed by atoms with Gasteiger partial charge in [0, 0.05) is 22.0 Å². The van der Waals surface area contributed by atoms with Crippen molar-refractivity contribution in [3.8, 4) is 0 Å². The monoisotopic (exact) mass is 521 g/mol. The van der Waals surface area contributed by atoms with Gasteiger partial charge in [0.1, 0.15) is 6.04 Å². The minimum absolute atomic E-state index is 0.00448. The maximum Gasteiger partial charge on any atom is 0.248 e.